The molecule has 1 fully saturated rings. The third-order valence-corrected chi connectivity index (χ3v) is 5.63. The molecular formula is C15H21F3IN3O3S. The molecule has 1 aromatic carbocycles. The van der Waals surface area contributed by atoms with E-state index in [4.69, 9.17) is 4.74 Å². The smallest absolute Gasteiger partial charge is 0.416 e. The molecule has 1 unspecified atom stereocenters. The van der Waals surface area contributed by atoms with Gasteiger partial charge in [-0.1, -0.05) is 6.07 Å². The van der Waals surface area contributed by atoms with E-state index in [-0.39, 0.29) is 65.3 Å². The van der Waals surface area contributed by atoms with E-state index >= 15 is 0 Å². The van der Waals surface area contributed by atoms with Crippen molar-refractivity contribution in [3.05, 3.63) is 29.3 Å². The molecular weight excluding hydrogens is 486 g/mol. The molecule has 0 aromatic heterocycles. The van der Waals surface area contributed by atoms with Gasteiger partial charge >= 0.3 is 6.18 Å². The van der Waals surface area contributed by atoms with Gasteiger partial charge in [0.15, 0.2) is 15.8 Å². The number of hydrogen-bond donors (Lipinski definition) is 2. The number of sulfone groups is 1. The number of aliphatic imine (C=N–C) groups is 1. The van der Waals surface area contributed by atoms with E-state index in [1.54, 1.807) is 0 Å². The fourth-order valence-corrected chi connectivity index (χ4v) is 4.25. The predicted octanol–water partition coefficient (Wildman–Crippen LogP) is 2.18. The van der Waals surface area contributed by atoms with Crippen LogP contribution in [0.3, 0.4) is 0 Å². The lowest BCUT2D eigenvalue weighted by Gasteiger charge is -2.18. The topological polar surface area (TPSA) is 79.8 Å². The molecule has 0 aliphatic carbocycles. The number of ether oxygens (including phenoxy) is 1. The molecule has 6 nitrogen and oxygen atoms in total. The van der Waals surface area contributed by atoms with Crippen LogP contribution in [0.2, 0.25) is 0 Å². The fraction of sp³-hybridized carbons (Fsp3) is 0.533. The minimum absolute atomic E-state index is 0. The van der Waals surface area contributed by atoms with Crippen LogP contribution in [0.4, 0.5) is 13.2 Å². The summed E-state index contributed by atoms with van der Waals surface area (Å²) >= 11 is 0. The molecule has 0 radical (unpaired) electrons. The summed E-state index contributed by atoms with van der Waals surface area (Å²) in [6.07, 6.45) is -4.07. The maximum Gasteiger partial charge on any atom is 0.416 e. The maximum absolute atomic E-state index is 13.2. The molecule has 2 rings (SSSR count). The van der Waals surface area contributed by atoms with E-state index in [0.29, 0.717) is 6.42 Å². The number of nitrogens with zero attached hydrogens (tertiary/aromatic N) is 1. The van der Waals surface area contributed by atoms with Crippen molar-refractivity contribution in [3.8, 4) is 5.75 Å². The highest BCUT2D eigenvalue weighted by atomic mass is 127. The monoisotopic (exact) mass is 507 g/mol. The summed E-state index contributed by atoms with van der Waals surface area (Å²) in [5.41, 5.74) is -0.756. The van der Waals surface area contributed by atoms with Crippen LogP contribution in [0.15, 0.2) is 23.2 Å². The molecule has 0 spiro atoms. The second kappa shape index (κ2) is 9.11. The van der Waals surface area contributed by atoms with Crippen LogP contribution in [-0.2, 0) is 22.6 Å². The van der Waals surface area contributed by atoms with Gasteiger partial charge < -0.3 is 15.4 Å². The van der Waals surface area contributed by atoms with Gasteiger partial charge in [0, 0.05) is 19.6 Å². The van der Waals surface area contributed by atoms with Crippen molar-refractivity contribution in [2.24, 2.45) is 4.99 Å². The van der Waals surface area contributed by atoms with E-state index < -0.39 is 21.6 Å². The van der Waals surface area contributed by atoms with Gasteiger partial charge in [0.1, 0.15) is 5.75 Å². The van der Waals surface area contributed by atoms with E-state index in [1.807, 2.05) is 0 Å². The Bertz CT molecular complexity index is 754. The van der Waals surface area contributed by atoms with Crippen LogP contribution in [0.25, 0.3) is 0 Å². The number of alkyl halides is 3. The van der Waals surface area contributed by atoms with Gasteiger partial charge in [0.25, 0.3) is 0 Å². The molecule has 2 N–H and O–H groups in total. The van der Waals surface area contributed by atoms with Crippen molar-refractivity contribution in [2.45, 2.75) is 25.2 Å². The zero-order valence-electron chi connectivity index (χ0n) is 14.3. The zero-order valence-corrected chi connectivity index (χ0v) is 17.4. The van der Waals surface area contributed by atoms with E-state index in [0.717, 1.165) is 6.07 Å². The quantitative estimate of drug-likeness (QED) is 0.371. The second-order valence-corrected chi connectivity index (χ2v) is 7.92. The average molecular weight is 507 g/mol. The molecule has 1 aliphatic heterocycles. The lowest BCUT2D eigenvalue weighted by atomic mass is 10.1. The molecule has 1 heterocycles. The second-order valence-electron chi connectivity index (χ2n) is 5.69. The highest BCUT2D eigenvalue weighted by Gasteiger charge is 2.34. The summed E-state index contributed by atoms with van der Waals surface area (Å²) in [5, 5.41) is 5.72. The molecule has 1 saturated heterocycles. The number of methoxy groups -OCH3 is 1. The Morgan fingerprint density at radius 1 is 1.38 bits per heavy atom. The van der Waals surface area contributed by atoms with E-state index in [9.17, 15) is 21.6 Å². The van der Waals surface area contributed by atoms with Crippen molar-refractivity contribution in [3.63, 3.8) is 0 Å². The van der Waals surface area contributed by atoms with Crippen molar-refractivity contribution >= 4 is 39.8 Å². The van der Waals surface area contributed by atoms with Gasteiger partial charge in [-0.3, -0.25) is 4.99 Å². The molecule has 26 heavy (non-hydrogen) atoms. The third kappa shape index (κ3) is 6.18. The largest absolute Gasteiger partial charge is 0.497 e. The SMILES string of the molecule is CN=C(NCc1ccc(OC)cc1C(F)(F)F)NC1CCS(=O)(=O)C1.I. The summed E-state index contributed by atoms with van der Waals surface area (Å²) in [4.78, 5) is 3.93. The van der Waals surface area contributed by atoms with Crippen LogP contribution in [0.5, 0.6) is 5.75 Å². The molecule has 1 atom stereocenters. The average Bonchev–Trinajstić information content (AvgIpc) is 2.89. The minimum atomic E-state index is -4.51. The van der Waals surface area contributed by atoms with Crippen LogP contribution in [0, 0.1) is 0 Å². The molecule has 148 valence electrons. The molecule has 0 saturated carbocycles. The Kier molecular flexibility index (Phi) is 7.99. The number of benzene rings is 1. The Hall–Kier alpha value is -1.24. The first-order chi connectivity index (χ1) is 11.6. The van der Waals surface area contributed by atoms with Crippen LogP contribution in [-0.4, -0.2) is 46.1 Å². The Morgan fingerprint density at radius 2 is 2.08 bits per heavy atom. The van der Waals surface area contributed by atoms with Crippen molar-refractivity contribution in [2.75, 3.05) is 25.7 Å². The Labute approximate surface area is 167 Å². The number of guanidine groups is 1. The number of rotatable bonds is 4. The number of halogens is 4. The normalized spacial score (nSPS) is 19.6. The first-order valence-electron chi connectivity index (χ1n) is 7.56. The summed E-state index contributed by atoms with van der Waals surface area (Å²) < 4.78 is 67.3. The summed E-state index contributed by atoms with van der Waals surface area (Å²) in [5.74, 6) is 0.461. The van der Waals surface area contributed by atoms with Gasteiger partial charge in [0.2, 0.25) is 0 Å². The Balaban J connectivity index is 0.00000338. The third-order valence-electron chi connectivity index (χ3n) is 3.87. The van der Waals surface area contributed by atoms with Gasteiger partial charge in [-0.25, -0.2) is 8.42 Å². The zero-order chi connectivity index (χ0) is 18.7. The van der Waals surface area contributed by atoms with Crippen LogP contribution >= 0.6 is 24.0 Å². The van der Waals surface area contributed by atoms with Gasteiger partial charge in [-0.15, -0.1) is 24.0 Å². The molecule has 0 amide bonds. The molecule has 11 heteroatoms. The van der Waals surface area contributed by atoms with Crippen molar-refractivity contribution in [1.29, 1.82) is 0 Å². The van der Waals surface area contributed by atoms with Crippen molar-refractivity contribution in [1.82, 2.24) is 10.6 Å². The number of nitrogens with one attached hydrogen (secondary N) is 2. The summed E-state index contributed by atoms with van der Waals surface area (Å²) in [7, 11) is -0.288. The van der Waals surface area contributed by atoms with Crippen LogP contribution < -0.4 is 15.4 Å². The van der Waals surface area contributed by atoms with Crippen LogP contribution in [0.1, 0.15) is 17.5 Å². The highest BCUT2D eigenvalue weighted by molar-refractivity contribution is 14.0. The van der Waals surface area contributed by atoms with E-state index in [1.165, 1.54) is 26.3 Å². The molecule has 1 aromatic rings. The fourth-order valence-electron chi connectivity index (χ4n) is 2.58. The van der Waals surface area contributed by atoms with E-state index in [2.05, 4.69) is 15.6 Å². The van der Waals surface area contributed by atoms with Gasteiger partial charge in [-0.05, 0) is 24.1 Å². The summed E-state index contributed by atoms with van der Waals surface area (Å²) in [6.45, 7) is -0.113. The number of hydrogen-bond acceptors (Lipinski definition) is 4. The Morgan fingerprint density at radius 3 is 2.58 bits per heavy atom. The van der Waals surface area contributed by atoms with Crippen molar-refractivity contribution < 1.29 is 26.3 Å². The lowest BCUT2D eigenvalue weighted by molar-refractivity contribution is -0.138. The molecule has 1 aliphatic rings. The first kappa shape index (κ1) is 22.8. The lowest BCUT2D eigenvalue weighted by Crippen LogP contribution is -2.43. The van der Waals surface area contributed by atoms with Gasteiger partial charge in [0.05, 0.1) is 24.2 Å². The predicted molar refractivity (Wildman–Crippen MR) is 104 cm³/mol. The minimum Gasteiger partial charge on any atom is -0.497 e. The maximum atomic E-state index is 13.2. The highest BCUT2D eigenvalue weighted by Crippen LogP contribution is 2.34. The summed E-state index contributed by atoms with van der Waals surface area (Å²) in [6, 6.07) is 3.43. The standard InChI is InChI=1S/C15H20F3N3O3S.HI/c1-19-14(21-11-5-6-25(22,23)9-11)20-8-10-3-4-12(24-2)7-13(10)15(16,17)18;/h3-4,7,11H,5-6,8-9H2,1-2H3,(H2,19,20,21);1H. The first-order valence-corrected chi connectivity index (χ1v) is 9.38. The molecule has 0 bridgehead atoms. The van der Waals surface area contributed by atoms with Gasteiger partial charge in [-0.2, -0.15) is 13.2 Å².